The predicted molar refractivity (Wildman–Crippen MR) is 90.6 cm³/mol. The lowest BCUT2D eigenvalue weighted by molar-refractivity contribution is -0.142. The summed E-state index contributed by atoms with van der Waals surface area (Å²) in [7, 11) is 1.75. The molecule has 2 rings (SSSR count). The largest absolute Gasteiger partial charge is 0.459 e. The Hall–Kier alpha value is -3.07. The average molecular weight is 325 g/mol. The number of aromatic nitrogens is 2. The molecule has 0 aliphatic carbocycles. The molecule has 0 spiro atoms. The molecule has 0 saturated carbocycles. The molecule has 6 nitrogen and oxygen atoms in total. The third-order valence-electron chi connectivity index (χ3n) is 3.57. The van der Waals surface area contributed by atoms with Gasteiger partial charge in [0.1, 0.15) is 11.6 Å². The zero-order valence-corrected chi connectivity index (χ0v) is 14.1. The fourth-order valence-electron chi connectivity index (χ4n) is 2.31. The van der Waals surface area contributed by atoms with Gasteiger partial charge in [-0.05, 0) is 39.0 Å². The van der Waals surface area contributed by atoms with Gasteiger partial charge in [-0.25, -0.2) is 9.48 Å². The molecule has 6 heteroatoms. The van der Waals surface area contributed by atoms with E-state index < -0.39 is 5.97 Å². The lowest BCUT2D eigenvalue weighted by Crippen LogP contribution is -2.20. The highest BCUT2D eigenvalue weighted by atomic mass is 16.5. The van der Waals surface area contributed by atoms with Crippen LogP contribution < -0.4 is 5.56 Å². The molecule has 0 saturated heterocycles. The molecule has 0 amide bonds. The summed E-state index contributed by atoms with van der Waals surface area (Å²) >= 11 is 0. The van der Waals surface area contributed by atoms with Gasteiger partial charge >= 0.3 is 5.97 Å². The maximum Gasteiger partial charge on any atom is 0.349 e. The molecule has 1 aromatic heterocycles. The number of carbonyl (C=O) groups excluding carboxylic acids is 1. The second-order valence-corrected chi connectivity index (χ2v) is 5.60. The molecule has 0 N–H and O–H groups in total. The first-order chi connectivity index (χ1) is 11.4. The first kappa shape index (κ1) is 17.3. The maximum absolute atomic E-state index is 12.7. The molecular formula is C18H19N3O3. The monoisotopic (exact) mass is 325 g/mol. The Morgan fingerprint density at radius 2 is 1.92 bits per heavy atom. The van der Waals surface area contributed by atoms with Crippen LogP contribution in [-0.2, 0) is 16.6 Å². The van der Waals surface area contributed by atoms with Crippen molar-refractivity contribution in [2.45, 2.75) is 26.9 Å². The molecule has 1 aromatic carbocycles. The molecule has 1 heterocycles. The summed E-state index contributed by atoms with van der Waals surface area (Å²) in [5.74, 6) is -0.735. The minimum atomic E-state index is -0.735. The molecule has 0 bridgehead atoms. The van der Waals surface area contributed by atoms with Crippen LogP contribution in [-0.4, -0.2) is 21.4 Å². The van der Waals surface area contributed by atoms with Crippen LogP contribution >= 0.6 is 0 Å². The van der Waals surface area contributed by atoms with Gasteiger partial charge in [-0.1, -0.05) is 18.2 Å². The van der Waals surface area contributed by atoms with E-state index in [1.807, 2.05) is 36.4 Å². The van der Waals surface area contributed by atoms with Crippen LogP contribution in [0.2, 0.25) is 0 Å². The topological polar surface area (TPSA) is 77.0 Å². The van der Waals surface area contributed by atoms with Crippen molar-refractivity contribution in [3.8, 4) is 11.8 Å². The van der Waals surface area contributed by atoms with Crippen molar-refractivity contribution in [3.05, 3.63) is 57.5 Å². The molecule has 0 unspecified atom stereocenters. The highest BCUT2D eigenvalue weighted by Crippen LogP contribution is 2.14. The Kier molecular flexibility index (Phi) is 5.05. The maximum atomic E-state index is 12.7. The Morgan fingerprint density at radius 3 is 2.46 bits per heavy atom. The SMILES string of the molecule is Cc1c(C=C(C#N)C(=O)OC(C)C)c(=O)n(-c2ccccc2)n1C. The molecule has 24 heavy (non-hydrogen) atoms. The van der Waals surface area contributed by atoms with Crippen LogP contribution in [0.3, 0.4) is 0 Å². The van der Waals surface area contributed by atoms with Crippen LogP contribution in [0.4, 0.5) is 0 Å². The summed E-state index contributed by atoms with van der Waals surface area (Å²) in [5, 5.41) is 9.21. The van der Waals surface area contributed by atoms with Gasteiger partial charge in [0.15, 0.2) is 0 Å². The standard InChI is InChI=1S/C18H19N3O3/c1-12(2)24-18(23)14(11-19)10-16-13(3)20(4)21(17(16)22)15-8-6-5-7-9-15/h5-10,12H,1-4H3. The highest BCUT2D eigenvalue weighted by Gasteiger charge is 2.18. The van der Waals surface area contributed by atoms with Crippen molar-refractivity contribution < 1.29 is 9.53 Å². The van der Waals surface area contributed by atoms with Gasteiger partial charge in [0.25, 0.3) is 5.56 Å². The quantitative estimate of drug-likeness (QED) is 0.491. The van der Waals surface area contributed by atoms with Crippen LogP contribution in [0.25, 0.3) is 11.8 Å². The van der Waals surface area contributed by atoms with Crippen molar-refractivity contribution in [2.24, 2.45) is 7.05 Å². The van der Waals surface area contributed by atoms with Gasteiger partial charge < -0.3 is 4.74 Å². The van der Waals surface area contributed by atoms with Crippen LogP contribution in [0.5, 0.6) is 0 Å². The molecule has 0 aliphatic rings. The van der Waals surface area contributed by atoms with Gasteiger partial charge in [-0.3, -0.25) is 9.48 Å². The Labute approximate surface area is 140 Å². The third-order valence-corrected chi connectivity index (χ3v) is 3.57. The van der Waals surface area contributed by atoms with E-state index in [4.69, 9.17) is 4.74 Å². The number of hydrogen-bond acceptors (Lipinski definition) is 4. The van der Waals surface area contributed by atoms with E-state index in [0.717, 1.165) is 0 Å². The van der Waals surface area contributed by atoms with E-state index in [0.29, 0.717) is 16.9 Å². The lowest BCUT2D eigenvalue weighted by Gasteiger charge is -2.07. The summed E-state index contributed by atoms with van der Waals surface area (Å²) in [6.45, 7) is 5.15. The Balaban J connectivity index is 2.57. The number of benzene rings is 1. The van der Waals surface area contributed by atoms with Crippen molar-refractivity contribution in [1.82, 2.24) is 9.36 Å². The zero-order chi connectivity index (χ0) is 17.9. The zero-order valence-electron chi connectivity index (χ0n) is 14.1. The molecule has 0 fully saturated rings. The number of para-hydroxylation sites is 1. The Bertz CT molecular complexity index is 881. The molecular weight excluding hydrogens is 306 g/mol. The number of rotatable bonds is 4. The number of ether oxygens (including phenoxy) is 1. The van der Waals surface area contributed by atoms with Gasteiger partial charge in [0.2, 0.25) is 0 Å². The van der Waals surface area contributed by atoms with Crippen molar-refractivity contribution in [2.75, 3.05) is 0 Å². The summed E-state index contributed by atoms with van der Waals surface area (Å²) < 4.78 is 8.21. The normalized spacial score (nSPS) is 11.4. The smallest absolute Gasteiger partial charge is 0.349 e. The molecule has 124 valence electrons. The van der Waals surface area contributed by atoms with E-state index in [9.17, 15) is 14.9 Å². The summed E-state index contributed by atoms with van der Waals surface area (Å²) in [5.41, 5.74) is 1.14. The van der Waals surface area contributed by atoms with E-state index in [2.05, 4.69) is 0 Å². The van der Waals surface area contributed by atoms with E-state index in [1.54, 1.807) is 32.5 Å². The Morgan fingerprint density at radius 1 is 1.29 bits per heavy atom. The number of esters is 1. The van der Waals surface area contributed by atoms with Crippen LogP contribution in [0, 0.1) is 18.3 Å². The van der Waals surface area contributed by atoms with Gasteiger partial charge in [0, 0.05) is 12.7 Å². The number of hydrogen-bond donors (Lipinski definition) is 0. The first-order valence-corrected chi connectivity index (χ1v) is 7.53. The van der Waals surface area contributed by atoms with Gasteiger partial charge in [-0.15, -0.1) is 0 Å². The molecule has 0 radical (unpaired) electrons. The van der Waals surface area contributed by atoms with Crippen molar-refractivity contribution >= 4 is 12.0 Å². The molecule has 2 aromatic rings. The number of carbonyl (C=O) groups is 1. The number of nitrogens with zero attached hydrogens (tertiary/aromatic N) is 3. The molecule has 0 atom stereocenters. The minimum absolute atomic E-state index is 0.199. The summed E-state index contributed by atoms with van der Waals surface area (Å²) in [6, 6.07) is 11.0. The first-order valence-electron chi connectivity index (χ1n) is 7.53. The summed E-state index contributed by atoms with van der Waals surface area (Å²) in [4.78, 5) is 24.7. The summed E-state index contributed by atoms with van der Waals surface area (Å²) in [6.07, 6.45) is 0.953. The second kappa shape index (κ2) is 7.01. The van der Waals surface area contributed by atoms with Crippen LogP contribution in [0.1, 0.15) is 25.1 Å². The van der Waals surface area contributed by atoms with Crippen LogP contribution in [0.15, 0.2) is 40.7 Å². The van der Waals surface area contributed by atoms with Crippen molar-refractivity contribution in [3.63, 3.8) is 0 Å². The minimum Gasteiger partial charge on any atom is -0.459 e. The van der Waals surface area contributed by atoms with Gasteiger partial charge in [0.05, 0.1) is 17.4 Å². The number of nitriles is 1. The highest BCUT2D eigenvalue weighted by molar-refractivity contribution is 5.98. The molecule has 0 aliphatic heterocycles. The fourth-order valence-corrected chi connectivity index (χ4v) is 2.31. The van der Waals surface area contributed by atoms with E-state index in [1.165, 1.54) is 10.8 Å². The van der Waals surface area contributed by atoms with Gasteiger partial charge in [-0.2, -0.15) is 5.26 Å². The predicted octanol–water partition coefficient (Wildman–Crippen LogP) is 2.34. The second-order valence-electron chi connectivity index (χ2n) is 5.60. The van der Waals surface area contributed by atoms with E-state index >= 15 is 0 Å². The average Bonchev–Trinajstić information content (AvgIpc) is 2.75. The van der Waals surface area contributed by atoms with Crippen molar-refractivity contribution in [1.29, 1.82) is 5.26 Å². The third kappa shape index (κ3) is 3.30. The van der Waals surface area contributed by atoms with E-state index in [-0.39, 0.29) is 17.2 Å². The fraction of sp³-hybridized carbons (Fsp3) is 0.278. The lowest BCUT2D eigenvalue weighted by atomic mass is 10.1.